The van der Waals surface area contributed by atoms with Crippen LogP contribution in [-0.2, 0) is 6.42 Å². The second-order valence-corrected chi connectivity index (χ2v) is 4.43. The van der Waals surface area contributed by atoms with E-state index in [1.54, 1.807) is 6.92 Å². The molecule has 1 atom stereocenters. The molecule has 0 bridgehead atoms. The molecule has 1 rings (SSSR count). The van der Waals surface area contributed by atoms with E-state index >= 15 is 0 Å². The van der Waals surface area contributed by atoms with Gasteiger partial charge >= 0.3 is 0 Å². The van der Waals surface area contributed by atoms with Crippen molar-refractivity contribution in [1.29, 1.82) is 0 Å². The molecule has 0 aromatic heterocycles. The summed E-state index contributed by atoms with van der Waals surface area (Å²) in [4.78, 5) is 2.12. The third-order valence-electron chi connectivity index (χ3n) is 2.25. The standard InChI is InChI=1S/C12H18ClNO/c1-10(15)9-14(2)7-6-11-4-3-5-12(13)8-11/h3-5,8,10,15H,6-7,9H2,1-2H3. The Balaban J connectivity index is 2.36. The van der Waals surface area contributed by atoms with Crippen LogP contribution in [0.15, 0.2) is 24.3 Å². The van der Waals surface area contributed by atoms with Gasteiger partial charge in [0, 0.05) is 18.1 Å². The van der Waals surface area contributed by atoms with Gasteiger partial charge < -0.3 is 10.0 Å². The summed E-state index contributed by atoms with van der Waals surface area (Å²) < 4.78 is 0. The van der Waals surface area contributed by atoms with Crippen molar-refractivity contribution in [3.05, 3.63) is 34.9 Å². The van der Waals surface area contributed by atoms with Gasteiger partial charge in [-0.3, -0.25) is 0 Å². The summed E-state index contributed by atoms with van der Waals surface area (Å²) in [6.07, 6.45) is 0.693. The van der Waals surface area contributed by atoms with Crippen LogP contribution < -0.4 is 0 Å². The molecule has 0 amide bonds. The minimum atomic E-state index is -0.269. The number of nitrogens with zero attached hydrogens (tertiary/aromatic N) is 1. The number of halogens is 1. The molecule has 0 radical (unpaired) electrons. The van der Waals surface area contributed by atoms with E-state index < -0.39 is 0 Å². The first-order valence-electron chi connectivity index (χ1n) is 5.19. The molecular weight excluding hydrogens is 210 g/mol. The van der Waals surface area contributed by atoms with Gasteiger partial charge in [0.25, 0.3) is 0 Å². The number of rotatable bonds is 5. The Morgan fingerprint density at radius 2 is 2.20 bits per heavy atom. The molecule has 0 fully saturated rings. The smallest absolute Gasteiger partial charge is 0.0638 e. The molecule has 0 spiro atoms. The molecule has 0 saturated heterocycles. The predicted molar refractivity (Wildman–Crippen MR) is 64.3 cm³/mol. The van der Waals surface area contributed by atoms with Crippen molar-refractivity contribution >= 4 is 11.6 Å². The van der Waals surface area contributed by atoms with Crippen molar-refractivity contribution in [2.24, 2.45) is 0 Å². The number of hydrogen-bond acceptors (Lipinski definition) is 2. The molecule has 0 saturated carbocycles. The number of aliphatic hydroxyl groups is 1. The molecule has 84 valence electrons. The fourth-order valence-electron chi connectivity index (χ4n) is 1.55. The van der Waals surface area contributed by atoms with Crippen molar-refractivity contribution in [2.75, 3.05) is 20.1 Å². The second-order valence-electron chi connectivity index (χ2n) is 3.99. The predicted octanol–water partition coefficient (Wildman–Crippen LogP) is 2.20. The minimum Gasteiger partial charge on any atom is -0.392 e. The van der Waals surface area contributed by atoms with E-state index in [1.807, 2.05) is 25.2 Å². The minimum absolute atomic E-state index is 0.269. The van der Waals surface area contributed by atoms with Crippen LogP contribution in [0.4, 0.5) is 0 Å². The van der Waals surface area contributed by atoms with Crippen LogP contribution in [0.3, 0.4) is 0 Å². The molecule has 1 N–H and O–H groups in total. The Hall–Kier alpha value is -0.570. The highest BCUT2D eigenvalue weighted by atomic mass is 35.5. The zero-order valence-electron chi connectivity index (χ0n) is 9.28. The molecule has 0 aliphatic carbocycles. The van der Waals surface area contributed by atoms with E-state index in [0.717, 1.165) is 18.0 Å². The molecular formula is C12H18ClNO. The summed E-state index contributed by atoms with van der Waals surface area (Å²) in [6, 6.07) is 7.90. The number of benzene rings is 1. The maximum absolute atomic E-state index is 9.20. The average Bonchev–Trinajstić information content (AvgIpc) is 2.14. The molecule has 0 aliphatic rings. The van der Waals surface area contributed by atoms with Gasteiger partial charge in [0.2, 0.25) is 0 Å². The zero-order valence-corrected chi connectivity index (χ0v) is 10.0. The average molecular weight is 228 g/mol. The van der Waals surface area contributed by atoms with Crippen molar-refractivity contribution in [2.45, 2.75) is 19.4 Å². The summed E-state index contributed by atoms with van der Waals surface area (Å²) in [5.74, 6) is 0. The zero-order chi connectivity index (χ0) is 11.3. The van der Waals surface area contributed by atoms with Gasteiger partial charge in [-0.05, 0) is 38.1 Å². The van der Waals surface area contributed by atoms with Crippen LogP contribution in [0.25, 0.3) is 0 Å². The van der Waals surface area contributed by atoms with E-state index in [2.05, 4.69) is 11.0 Å². The quantitative estimate of drug-likeness (QED) is 0.834. The first-order valence-corrected chi connectivity index (χ1v) is 5.57. The van der Waals surface area contributed by atoms with Crippen molar-refractivity contribution in [3.63, 3.8) is 0 Å². The molecule has 15 heavy (non-hydrogen) atoms. The first-order chi connectivity index (χ1) is 7.08. The van der Waals surface area contributed by atoms with Crippen LogP contribution in [0, 0.1) is 0 Å². The maximum Gasteiger partial charge on any atom is 0.0638 e. The van der Waals surface area contributed by atoms with E-state index in [1.165, 1.54) is 5.56 Å². The number of hydrogen-bond donors (Lipinski definition) is 1. The highest BCUT2D eigenvalue weighted by molar-refractivity contribution is 6.30. The normalized spacial score (nSPS) is 13.1. The summed E-state index contributed by atoms with van der Waals surface area (Å²) in [5, 5.41) is 9.98. The lowest BCUT2D eigenvalue weighted by Crippen LogP contribution is -2.29. The Labute approximate surface area is 96.5 Å². The fraction of sp³-hybridized carbons (Fsp3) is 0.500. The lowest BCUT2D eigenvalue weighted by Gasteiger charge is -2.18. The van der Waals surface area contributed by atoms with Gasteiger partial charge in [-0.2, -0.15) is 0 Å². The first kappa shape index (κ1) is 12.5. The lowest BCUT2D eigenvalue weighted by atomic mass is 10.1. The Morgan fingerprint density at radius 3 is 2.80 bits per heavy atom. The molecule has 2 nitrogen and oxygen atoms in total. The summed E-state index contributed by atoms with van der Waals surface area (Å²) in [6.45, 7) is 3.45. The van der Waals surface area contributed by atoms with Gasteiger partial charge in [-0.15, -0.1) is 0 Å². The van der Waals surface area contributed by atoms with Gasteiger partial charge in [0.15, 0.2) is 0 Å². The Morgan fingerprint density at radius 1 is 1.47 bits per heavy atom. The molecule has 0 heterocycles. The van der Waals surface area contributed by atoms with Crippen molar-refractivity contribution in [1.82, 2.24) is 4.90 Å². The monoisotopic (exact) mass is 227 g/mol. The molecule has 1 aromatic rings. The highest BCUT2D eigenvalue weighted by Gasteiger charge is 2.03. The number of likely N-dealkylation sites (N-methyl/N-ethyl adjacent to an activating group) is 1. The van der Waals surface area contributed by atoms with Crippen LogP contribution in [0.1, 0.15) is 12.5 Å². The summed E-state index contributed by atoms with van der Waals surface area (Å²) in [7, 11) is 2.01. The van der Waals surface area contributed by atoms with Crippen LogP contribution in [0.2, 0.25) is 5.02 Å². The fourth-order valence-corrected chi connectivity index (χ4v) is 1.77. The third kappa shape index (κ3) is 5.17. The second kappa shape index (κ2) is 6.11. The summed E-state index contributed by atoms with van der Waals surface area (Å²) in [5.41, 5.74) is 1.24. The van der Waals surface area contributed by atoms with E-state index in [9.17, 15) is 5.11 Å². The van der Waals surface area contributed by atoms with Gasteiger partial charge in [-0.25, -0.2) is 0 Å². The van der Waals surface area contributed by atoms with Crippen molar-refractivity contribution < 1.29 is 5.11 Å². The molecule has 1 aromatic carbocycles. The lowest BCUT2D eigenvalue weighted by molar-refractivity contribution is 0.142. The highest BCUT2D eigenvalue weighted by Crippen LogP contribution is 2.11. The summed E-state index contributed by atoms with van der Waals surface area (Å²) >= 11 is 5.89. The van der Waals surface area contributed by atoms with Crippen LogP contribution in [0.5, 0.6) is 0 Å². The Bertz CT molecular complexity index is 301. The van der Waals surface area contributed by atoms with Gasteiger partial charge in [-0.1, -0.05) is 23.7 Å². The largest absolute Gasteiger partial charge is 0.392 e. The van der Waals surface area contributed by atoms with Crippen LogP contribution in [-0.4, -0.2) is 36.2 Å². The van der Waals surface area contributed by atoms with E-state index in [4.69, 9.17) is 11.6 Å². The SMILES string of the molecule is CC(O)CN(C)CCc1cccc(Cl)c1. The topological polar surface area (TPSA) is 23.5 Å². The van der Waals surface area contributed by atoms with Crippen LogP contribution >= 0.6 is 11.6 Å². The van der Waals surface area contributed by atoms with Crippen molar-refractivity contribution in [3.8, 4) is 0 Å². The van der Waals surface area contributed by atoms with Gasteiger partial charge in [0.1, 0.15) is 0 Å². The number of aliphatic hydroxyl groups excluding tert-OH is 1. The maximum atomic E-state index is 9.20. The molecule has 0 aliphatic heterocycles. The molecule has 3 heteroatoms. The third-order valence-corrected chi connectivity index (χ3v) is 2.48. The van der Waals surface area contributed by atoms with Gasteiger partial charge in [0.05, 0.1) is 6.10 Å². The van der Waals surface area contributed by atoms with E-state index in [-0.39, 0.29) is 6.10 Å². The Kier molecular flexibility index (Phi) is 5.09. The molecule has 1 unspecified atom stereocenters. The van der Waals surface area contributed by atoms with E-state index in [0.29, 0.717) is 6.54 Å².